The van der Waals surface area contributed by atoms with Crippen LogP contribution in [0.5, 0.6) is 0 Å². The summed E-state index contributed by atoms with van der Waals surface area (Å²) in [7, 11) is 0. The smallest absolute Gasteiger partial charge is 0.0547 e. The minimum Gasteiger partial charge on any atom is -0.307 e. The maximum absolute atomic E-state index is 6.05. The first kappa shape index (κ1) is 15.1. The molecule has 1 atom stereocenters. The molecule has 0 fully saturated rings. The van der Waals surface area contributed by atoms with Crippen LogP contribution in [-0.2, 0) is 0 Å². The standard InChI is InChI=1S/C16H21BrClN/c1-2-10-19-16(12-6-4-3-5-7-12)14-9-8-13(18)11-15(14)17/h6,8-9,11,16,19H,2-5,7,10H2,1H3. The zero-order valence-corrected chi connectivity index (χ0v) is 13.7. The molecule has 1 aromatic carbocycles. The number of hydrogen-bond donors (Lipinski definition) is 1. The highest BCUT2D eigenvalue weighted by atomic mass is 79.9. The van der Waals surface area contributed by atoms with E-state index >= 15 is 0 Å². The zero-order chi connectivity index (χ0) is 13.7. The van der Waals surface area contributed by atoms with Gasteiger partial charge in [-0.1, -0.05) is 52.2 Å². The van der Waals surface area contributed by atoms with Crippen molar-refractivity contribution >= 4 is 27.5 Å². The lowest BCUT2D eigenvalue weighted by Crippen LogP contribution is -2.25. The maximum Gasteiger partial charge on any atom is 0.0547 e. The summed E-state index contributed by atoms with van der Waals surface area (Å²) in [5.41, 5.74) is 2.83. The summed E-state index contributed by atoms with van der Waals surface area (Å²) in [6, 6.07) is 6.42. The lowest BCUT2D eigenvalue weighted by Gasteiger charge is -2.26. The second kappa shape index (κ2) is 7.47. The Labute approximate surface area is 129 Å². The number of rotatable bonds is 5. The summed E-state index contributed by atoms with van der Waals surface area (Å²) in [6.07, 6.45) is 8.61. The van der Waals surface area contributed by atoms with Gasteiger partial charge in [-0.25, -0.2) is 0 Å². The molecule has 1 N–H and O–H groups in total. The number of hydrogen-bond acceptors (Lipinski definition) is 1. The van der Waals surface area contributed by atoms with Crippen LogP contribution in [0.3, 0.4) is 0 Å². The van der Waals surface area contributed by atoms with E-state index in [0.717, 1.165) is 22.5 Å². The summed E-state index contributed by atoms with van der Waals surface area (Å²) in [6.45, 7) is 3.24. The Kier molecular flexibility index (Phi) is 5.93. The van der Waals surface area contributed by atoms with Crippen molar-refractivity contribution in [2.45, 2.75) is 45.1 Å². The van der Waals surface area contributed by atoms with E-state index in [1.165, 1.54) is 36.8 Å². The number of nitrogens with one attached hydrogen (secondary N) is 1. The normalized spacial score (nSPS) is 17.1. The van der Waals surface area contributed by atoms with Crippen molar-refractivity contribution in [3.63, 3.8) is 0 Å². The van der Waals surface area contributed by atoms with Crippen molar-refractivity contribution in [3.8, 4) is 0 Å². The second-order valence-electron chi connectivity index (χ2n) is 5.08. The van der Waals surface area contributed by atoms with Crippen LogP contribution in [0.2, 0.25) is 5.02 Å². The minimum absolute atomic E-state index is 0.326. The van der Waals surface area contributed by atoms with Gasteiger partial charge in [-0.05, 0) is 56.3 Å². The maximum atomic E-state index is 6.05. The van der Waals surface area contributed by atoms with Crippen molar-refractivity contribution in [2.75, 3.05) is 6.54 Å². The van der Waals surface area contributed by atoms with Crippen LogP contribution in [0.4, 0.5) is 0 Å². The molecule has 1 aromatic rings. The van der Waals surface area contributed by atoms with E-state index < -0.39 is 0 Å². The van der Waals surface area contributed by atoms with Gasteiger partial charge >= 0.3 is 0 Å². The topological polar surface area (TPSA) is 12.0 Å². The Morgan fingerprint density at radius 2 is 2.21 bits per heavy atom. The molecule has 1 aliphatic rings. The van der Waals surface area contributed by atoms with Gasteiger partial charge in [-0.3, -0.25) is 0 Å². The van der Waals surface area contributed by atoms with Crippen molar-refractivity contribution in [1.82, 2.24) is 5.32 Å². The van der Waals surface area contributed by atoms with Crippen LogP contribution in [0.25, 0.3) is 0 Å². The quantitative estimate of drug-likeness (QED) is 0.682. The molecule has 0 radical (unpaired) electrons. The fraction of sp³-hybridized carbons (Fsp3) is 0.500. The summed E-state index contributed by atoms with van der Waals surface area (Å²) >= 11 is 9.70. The largest absolute Gasteiger partial charge is 0.307 e. The first-order valence-corrected chi connectivity index (χ1v) is 8.26. The highest BCUT2D eigenvalue weighted by Crippen LogP contribution is 2.34. The highest BCUT2D eigenvalue weighted by molar-refractivity contribution is 9.10. The highest BCUT2D eigenvalue weighted by Gasteiger charge is 2.19. The number of benzene rings is 1. The number of allylic oxidation sites excluding steroid dienone is 1. The molecule has 0 amide bonds. The van der Waals surface area contributed by atoms with Gasteiger partial charge in [0.05, 0.1) is 6.04 Å². The Morgan fingerprint density at radius 1 is 1.37 bits per heavy atom. The summed E-state index contributed by atoms with van der Waals surface area (Å²) in [5.74, 6) is 0. The molecule has 0 heterocycles. The molecule has 0 spiro atoms. The average molecular weight is 343 g/mol. The Morgan fingerprint density at radius 3 is 2.84 bits per heavy atom. The predicted octanol–water partition coefficient (Wildman–Crippen LogP) is 5.64. The molecule has 19 heavy (non-hydrogen) atoms. The van der Waals surface area contributed by atoms with Crippen molar-refractivity contribution in [1.29, 1.82) is 0 Å². The molecule has 0 aromatic heterocycles. The molecule has 104 valence electrons. The molecule has 0 bridgehead atoms. The Bertz CT molecular complexity index is 456. The van der Waals surface area contributed by atoms with Crippen LogP contribution in [0, 0.1) is 0 Å². The SMILES string of the molecule is CCCNC(C1=CCCCC1)c1ccc(Cl)cc1Br. The molecule has 2 rings (SSSR count). The molecular weight excluding hydrogens is 322 g/mol. The monoisotopic (exact) mass is 341 g/mol. The summed E-state index contributed by atoms with van der Waals surface area (Å²) < 4.78 is 1.10. The van der Waals surface area contributed by atoms with Gasteiger partial charge < -0.3 is 5.32 Å². The van der Waals surface area contributed by atoms with Crippen molar-refractivity contribution < 1.29 is 0 Å². The van der Waals surface area contributed by atoms with Gasteiger partial charge in [-0.15, -0.1) is 0 Å². The molecule has 0 saturated carbocycles. The molecule has 3 heteroatoms. The van der Waals surface area contributed by atoms with E-state index in [1.54, 1.807) is 0 Å². The summed E-state index contributed by atoms with van der Waals surface area (Å²) in [5, 5.41) is 4.45. The van der Waals surface area contributed by atoms with Crippen LogP contribution in [-0.4, -0.2) is 6.54 Å². The molecule has 1 aliphatic carbocycles. The lowest BCUT2D eigenvalue weighted by atomic mass is 9.90. The third kappa shape index (κ3) is 4.08. The second-order valence-corrected chi connectivity index (χ2v) is 6.37. The first-order valence-electron chi connectivity index (χ1n) is 7.09. The van der Waals surface area contributed by atoms with E-state index in [0.29, 0.717) is 6.04 Å². The third-order valence-corrected chi connectivity index (χ3v) is 4.49. The van der Waals surface area contributed by atoms with Crippen LogP contribution < -0.4 is 5.32 Å². The Balaban J connectivity index is 2.27. The van der Waals surface area contributed by atoms with Crippen molar-refractivity contribution in [3.05, 3.63) is 44.9 Å². The molecular formula is C16H21BrClN. The van der Waals surface area contributed by atoms with E-state index in [1.807, 2.05) is 12.1 Å². The van der Waals surface area contributed by atoms with Crippen LogP contribution in [0.15, 0.2) is 34.3 Å². The predicted molar refractivity (Wildman–Crippen MR) is 86.7 cm³/mol. The van der Waals surface area contributed by atoms with E-state index in [4.69, 9.17) is 11.6 Å². The van der Waals surface area contributed by atoms with Gasteiger partial charge in [0.25, 0.3) is 0 Å². The Hall–Kier alpha value is -0.310. The summed E-state index contributed by atoms with van der Waals surface area (Å²) in [4.78, 5) is 0. The fourth-order valence-electron chi connectivity index (χ4n) is 2.59. The van der Waals surface area contributed by atoms with Crippen LogP contribution in [0.1, 0.15) is 50.6 Å². The first-order chi connectivity index (χ1) is 9.22. The minimum atomic E-state index is 0.326. The lowest BCUT2D eigenvalue weighted by molar-refractivity contribution is 0.545. The number of halogens is 2. The van der Waals surface area contributed by atoms with E-state index in [9.17, 15) is 0 Å². The van der Waals surface area contributed by atoms with Gasteiger partial charge in [-0.2, -0.15) is 0 Å². The fourth-order valence-corrected chi connectivity index (χ4v) is 3.50. The molecule has 1 unspecified atom stereocenters. The van der Waals surface area contributed by atoms with Crippen LogP contribution >= 0.6 is 27.5 Å². The molecule has 0 saturated heterocycles. The molecule has 1 nitrogen and oxygen atoms in total. The zero-order valence-electron chi connectivity index (χ0n) is 11.4. The third-order valence-electron chi connectivity index (χ3n) is 3.57. The molecule has 0 aliphatic heterocycles. The van der Waals surface area contributed by atoms with Gasteiger partial charge in [0.2, 0.25) is 0 Å². The van der Waals surface area contributed by atoms with Gasteiger partial charge in [0, 0.05) is 9.50 Å². The van der Waals surface area contributed by atoms with Gasteiger partial charge in [0.15, 0.2) is 0 Å². The van der Waals surface area contributed by atoms with E-state index in [2.05, 4.69) is 40.3 Å². The van der Waals surface area contributed by atoms with Gasteiger partial charge in [0.1, 0.15) is 0 Å². The average Bonchev–Trinajstić information content (AvgIpc) is 2.42. The van der Waals surface area contributed by atoms with Crippen molar-refractivity contribution in [2.24, 2.45) is 0 Å². The van der Waals surface area contributed by atoms with E-state index in [-0.39, 0.29) is 0 Å².